The van der Waals surface area contributed by atoms with E-state index < -0.39 is 0 Å². The zero-order chi connectivity index (χ0) is 7.40. The summed E-state index contributed by atoms with van der Waals surface area (Å²) in [4.78, 5) is 0. The van der Waals surface area contributed by atoms with Crippen molar-refractivity contribution in [3.8, 4) is 0 Å². The summed E-state index contributed by atoms with van der Waals surface area (Å²) in [5, 5.41) is 0. The van der Waals surface area contributed by atoms with Gasteiger partial charge in [-0.25, -0.2) is 0 Å². The Hall–Kier alpha value is -0.260. The van der Waals surface area contributed by atoms with Crippen LogP contribution in [0.2, 0.25) is 0 Å². The van der Waals surface area contributed by atoms with E-state index in [1.165, 1.54) is 25.7 Å². The molecule has 0 spiro atoms. The van der Waals surface area contributed by atoms with E-state index in [1.807, 2.05) is 0 Å². The summed E-state index contributed by atoms with van der Waals surface area (Å²) in [5.41, 5.74) is 0. The smallest absolute Gasteiger partial charge is 0.0228 e. The molecular weight excluding hydrogens is 120 g/mol. The monoisotopic (exact) mass is 138 g/mol. The van der Waals surface area contributed by atoms with Gasteiger partial charge in [-0.3, -0.25) is 0 Å². The highest BCUT2D eigenvalue weighted by atomic mass is 14.2. The molecule has 0 amide bonds. The molecule has 0 bridgehead atoms. The third-order valence-electron chi connectivity index (χ3n) is 2.31. The molecule has 0 fully saturated rings. The van der Waals surface area contributed by atoms with E-state index in [1.54, 1.807) is 0 Å². The molecule has 2 unspecified atom stereocenters. The second-order valence-corrected chi connectivity index (χ2v) is 3.50. The van der Waals surface area contributed by atoms with E-state index in [4.69, 9.17) is 0 Å². The van der Waals surface area contributed by atoms with Crippen LogP contribution in [0, 0.1) is 11.8 Å². The van der Waals surface area contributed by atoms with Gasteiger partial charge in [0.05, 0.1) is 0 Å². The van der Waals surface area contributed by atoms with Crippen LogP contribution in [-0.2, 0) is 0 Å². The summed E-state index contributed by atoms with van der Waals surface area (Å²) in [6, 6.07) is 0. The normalized spacial score (nSPS) is 31.4. The van der Waals surface area contributed by atoms with E-state index in [0.29, 0.717) is 0 Å². The van der Waals surface area contributed by atoms with Crippen LogP contribution in [0.4, 0.5) is 0 Å². The lowest BCUT2D eigenvalue weighted by Gasteiger charge is -2.06. The van der Waals surface area contributed by atoms with Crippen molar-refractivity contribution in [3.63, 3.8) is 0 Å². The largest absolute Gasteiger partial charge is 0.0854 e. The zero-order valence-corrected chi connectivity index (χ0v) is 7.14. The Kier molecular flexibility index (Phi) is 2.98. The van der Waals surface area contributed by atoms with Crippen LogP contribution in [0.3, 0.4) is 0 Å². The highest BCUT2D eigenvalue weighted by Crippen LogP contribution is 2.26. The van der Waals surface area contributed by atoms with Gasteiger partial charge in [-0.15, -0.1) is 0 Å². The molecule has 0 aromatic heterocycles. The topological polar surface area (TPSA) is 0 Å². The molecule has 0 aromatic carbocycles. The molecule has 0 heteroatoms. The molecule has 58 valence electrons. The van der Waals surface area contributed by atoms with Crippen LogP contribution >= 0.6 is 0 Å². The van der Waals surface area contributed by atoms with Gasteiger partial charge in [-0.1, -0.05) is 38.8 Å². The first kappa shape index (κ1) is 7.84. The minimum atomic E-state index is 0.849. The third-order valence-corrected chi connectivity index (χ3v) is 2.31. The van der Waals surface area contributed by atoms with Gasteiger partial charge in [-0.05, 0) is 24.7 Å². The molecule has 1 aliphatic rings. The first-order valence-corrected chi connectivity index (χ1v) is 4.51. The van der Waals surface area contributed by atoms with E-state index in [-0.39, 0.29) is 0 Å². The molecular formula is C10H18. The summed E-state index contributed by atoms with van der Waals surface area (Å²) in [5.74, 6) is 1.76. The standard InChI is InChI=1S/C10H18/c1-3-4-5-10-7-6-9(2)8-10/h6-7,9-10H,3-5,8H2,1-2H3. The maximum atomic E-state index is 2.40. The van der Waals surface area contributed by atoms with Gasteiger partial charge in [-0.2, -0.15) is 0 Å². The minimum Gasteiger partial charge on any atom is -0.0854 e. The summed E-state index contributed by atoms with van der Waals surface area (Å²) in [6.07, 6.45) is 10.3. The van der Waals surface area contributed by atoms with Crippen LogP contribution in [0.1, 0.15) is 39.5 Å². The van der Waals surface area contributed by atoms with Crippen molar-refractivity contribution < 1.29 is 0 Å². The summed E-state index contributed by atoms with van der Waals surface area (Å²) < 4.78 is 0. The summed E-state index contributed by atoms with van der Waals surface area (Å²) >= 11 is 0. The maximum absolute atomic E-state index is 2.40. The van der Waals surface area contributed by atoms with Gasteiger partial charge in [0.15, 0.2) is 0 Å². The van der Waals surface area contributed by atoms with E-state index >= 15 is 0 Å². The van der Waals surface area contributed by atoms with Crippen molar-refractivity contribution in [1.82, 2.24) is 0 Å². The van der Waals surface area contributed by atoms with Crippen LogP contribution in [0.25, 0.3) is 0 Å². The fraction of sp³-hybridized carbons (Fsp3) is 0.800. The first-order chi connectivity index (χ1) is 4.83. The molecule has 0 nitrogen and oxygen atoms in total. The Balaban J connectivity index is 2.14. The molecule has 0 saturated heterocycles. The predicted octanol–water partition coefficient (Wildman–Crippen LogP) is 3.39. The second-order valence-electron chi connectivity index (χ2n) is 3.50. The minimum absolute atomic E-state index is 0.849. The first-order valence-electron chi connectivity index (χ1n) is 4.51. The molecule has 0 aliphatic heterocycles. The Morgan fingerprint density at radius 1 is 1.40 bits per heavy atom. The molecule has 1 rings (SSSR count). The average molecular weight is 138 g/mol. The summed E-state index contributed by atoms with van der Waals surface area (Å²) in [6.45, 7) is 4.57. The van der Waals surface area contributed by atoms with Crippen molar-refractivity contribution in [3.05, 3.63) is 12.2 Å². The van der Waals surface area contributed by atoms with Gasteiger partial charge in [0.1, 0.15) is 0 Å². The SMILES string of the molecule is CCCCC1C=CC(C)C1. The Labute approximate surface area is 64.3 Å². The lowest BCUT2D eigenvalue weighted by Crippen LogP contribution is -1.94. The predicted molar refractivity (Wildman–Crippen MR) is 45.9 cm³/mol. The van der Waals surface area contributed by atoms with Crippen molar-refractivity contribution in [2.24, 2.45) is 11.8 Å². The second kappa shape index (κ2) is 3.80. The van der Waals surface area contributed by atoms with Crippen molar-refractivity contribution in [2.45, 2.75) is 39.5 Å². The molecule has 0 heterocycles. The Bertz CT molecular complexity index is 113. The van der Waals surface area contributed by atoms with Crippen LogP contribution in [-0.4, -0.2) is 0 Å². The number of unbranched alkanes of at least 4 members (excludes halogenated alkanes) is 1. The van der Waals surface area contributed by atoms with Crippen LogP contribution < -0.4 is 0 Å². The molecule has 1 aliphatic carbocycles. The highest BCUT2D eigenvalue weighted by molar-refractivity contribution is 4.99. The van der Waals surface area contributed by atoms with Crippen molar-refractivity contribution in [2.75, 3.05) is 0 Å². The molecule has 0 saturated carbocycles. The lowest BCUT2D eigenvalue weighted by atomic mass is 9.99. The fourth-order valence-corrected chi connectivity index (χ4v) is 1.66. The van der Waals surface area contributed by atoms with Crippen LogP contribution in [0.5, 0.6) is 0 Å². The lowest BCUT2D eigenvalue weighted by molar-refractivity contribution is 0.498. The van der Waals surface area contributed by atoms with E-state index in [2.05, 4.69) is 26.0 Å². The van der Waals surface area contributed by atoms with Gasteiger partial charge >= 0.3 is 0 Å². The van der Waals surface area contributed by atoms with Gasteiger partial charge in [0.2, 0.25) is 0 Å². The van der Waals surface area contributed by atoms with Crippen LogP contribution in [0.15, 0.2) is 12.2 Å². The molecule has 10 heavy (non-hydrogen) atoms. The number of allylic oxidation sites excluding steroid dienone is 2. The van der Waals surface area contributed by atoms with Gasteiger partial charge in [0.25, 0.3) is 0 Å². The highest BCUT2D eigenvalue weighted by Gasteiger charge is 2.13. The Morgan fingerprint density at radius 3 is 2.70 bits per heavy atom. The van der Waals surface area contributed by atoms with Gasteiger partial charge < -0.3 is 0 Å². The van der Waals surface area contributed by atoms with Crippen molar-refractivity contribution in [1.29, 1.82) is 0 Å². The fourth-order valence-electron chi connectivity index (χ4n) is 1.66. The van der Waals surface area contributed by atoms with Crippen molar-refractivity contribution >= 4 is 0 Å². The quantitative estimate of drug-likeness (QED) is 0.524. The molecule has 0 aromatic rings. The average Bonchev–Trinajstić information content (AvgIpc) is 2.31. The molecule has 0 radical (unpaired) electrons. The molecule has 2 atom stereocenters. The Morgan fingerprint density at radius 2 is 2.20 bits per heavy atom. The zero-order valence-electron chi connectivity index (χ0n) is 7.14. The van der Waals surface area contributed by atoms with E-state index in [0.717, 1.165) is 11.8 Å². The summed E-state index contributed by atoms with van der Waals surface area (Å²) in [7, 11) is 0. The van der Waals surface area contributed by atoms with E-state index in [9.17, 15) is 0 Å². The maximum Gasteiger partial charge on any atom is -0.0228 e. The molecule has 0 N–H and O–H groups in total. The number of rotatable bonds is 3. The number of hydrogen-bond acceptors (Lipinski definition) is 0. The number of hydrogen-bond donors (Lipinski definition) is 0. The van der Waals surface area contributed by atoms with Gasteiger partial charge in [0, 0.05) is 0 Å². The third kappa shape index (κ3) is 2.17.